The molecule has 1 spiro atoms. The number of amides is 4. The third-order valence-electron chi connectivity index (χ3n) is 7.05. The normalized spacial score (nSPS) is 20.8. The summed E-state index contributed by atoms with van der Waals surface area (Å²) in [5.74, 6) is -1.42. The minimum absolute atomic E-state index is 0.0263. The molecule has 0 unspecified atom stereocenters. The molecule has 33 heavy (non-hydrogen) atoms. The number of likely N-dealkylation sites (tertiary alicyclic amines) is 1. The van der Waals surface area contributed by atoms with Crippen molar-refractivity contribution in [2.24, 2.45) is 5.73 Å². The van der Waals surface area contributed by atoms with Crippen molar-refractivity contribution in [1.29, 1.82) is 0 Å². The largest absolute Gasteiger partial charge is 0.369 e. The van der Waals surface area contributed by atoms with Gasteiger partial charge in [0.25, 0.3) is 5.91 Å². The van der Waals surface area contributed by atoms with Crippen molar-refractivity contribution >= 4 is 29.3 Å². The molecule has 4 amide bonds. The molecule has 9 heteroatoms. The molecule has 0 atom stereocenters. The Morgan fingerprint density at radius 1 is 1.06 bits per heavy atom. The van der Waals surface area contributed by atoms with Crippen LogP contribution < -0.4 is 16.0 Å². The predicted octanol–water partition coefficient (Wildman–Crippen LogP) is 0.792. The van der Waals surface area contributed by atoms with Crippen LogP contribution in [-0.2, 0) is 19.2 Å². The van der Waals surface area contributed by atoms with Gasteiger partial charge in [-0.25, -0.2) is 0 Å². The van der Waals surface area contributed by atoms with Crippen LogP contribution in [0.4, 0.5) is 5.69 Å². The van der Waals surface area contributed by atoms with Gasteiger partial charge in [-0.3, -0.25) is 19.2 Å². The third-order valence-corrected chi connectivity index (χ3v) is 7.05. The first-order valence-electron chi connectivity index (χ1n) is 11.7. The molecular weight excluding hydrogens is 422 g/mol. The van der Waals surface area contributed by atoms with E-state index in [-0.39, 0.29) is 24.4 Å². The summed E-state index contributed by atoms with van der Waals surface area (Å²) in [4.78, 5) is 55.0. The standard InChI is InChI=1S/C24H32N5O4/c25-20(30)15-22(32)27-13-11-24(12-14-27)23(33)28(17-29(24)19-9-5-2-6-10-19)16-21(31)26-18-7-3-1-4-8-18/h2,5-6,9-10,15,18H,1,3-4,7-8,11-14,16-17H2,(H2,25,30)(H,26,31). The lowest BCUT2D eigenvalue weighted by Gasteiger charge is -2.43. The number of hydrogen-bond acceptors (Lipinski definition) is 5. The van der Waals surface area contributed by atoms with E-state index in [1.807, 2.05) is 30.3 Å². The summed E-state index contributed by atoms with van der Waals surface area (Å²) >= 11 is 0. The summed E-state index contributed by atoms with van der Waals surface area (Å²) in [5.41, 5.74) is 5.20. The van der Waals surface area contributed by atoms with Gasteiger partial charge in [-0.05, 0) is 37.8 Å². The fraction of sp³-hybridized carbons (Fsp3) is 0.542. The van der Waals surface area contributed by atoms with Crippen LogP contribution in [0.1, 0.15) is 44.9 Å². The van der Waals surface area contributed by atoms with Crippen molar-refractivity contribution < 1.29 is 19.2 Å². The predicted molar refractivity (Wildman–Crippen MR) is 123 cm³/mol. The minimum Gasteiger partial charge on any atom is -0.369 e. The minimum atomic E-state index is -0.823. The van der Waals surface area contributed by atoms with Gasteiger partial charge >= 0.3 is 0 Å². The van der Waals surface area contributed by atoms with Gasteiger partial charge in [0.05, 0.1) is 6.67 Å². The Labute approximate surface area is 194 Å². The topological polar surface area (TPSA) is 116 Å². The Bertz CT molecular complexity index is 891. The molecule has 2 aliphatic heterocycles. The van der Waals surface area contributed by atoms with Crippen LogP contribution in [0.15, 0.2) is 30.3 Å². The molecule has 1 saturated carbocycles. The second-order valence-corrected chi connectivity index (χ2v) is 9.21. The second kappa shape index (κ2) is 9.80. The highest BCUT2D eigenvalue weighted by Crippen LogP contribution is 2.39. The lowest BCUT2D eigenvalue weighted by molar-refractivity contribution is -0.139. The van der Waals surface area contributed by atoms with Gasteiger partial charge in [-0.1, -0.05) is 37.5 Å². The quantitative estimate of drug-likeness (QED) is 0.617. The first-order valence-corrected chi connectivity index (χ1v) is 11.7. The molecule has 2 saturated heterocycles. The van der Waals surface area contributed by atoms with E-state index in [0.717, 1.165) is 37.8 Å². The van der Waals surface area contributed by atoms with Crippen molar-refractivity contribution in [1.82, 2.24) is 15.1 Å². The smallest absolute Gasteiger partial charge is 0.250 e. The summed E-state index contributed by atoms with van der Waals surface area (Å²) in [6.07, 6.45) is 7.16. The van der Waals surface area contributed by atoms with E-state index >= 15 is 0 Å². The lowest BCUT2D eigenvalue weighted by Crippen LogP contribution is -2.57. The van der Waals surface area contributed by atoms with Gasteiger partial charge in [0.2, 0.25) is 17.7 Å². The molecule has 3 N–H and O–H groups in total. The number of carbonyl (C=O) groups excluding carboxylic acids is 4. The van der Waals surface area contributed by atoms with Crippen LogP contribution in [-0.4, -0.2) is 71.3 Å². The molecule has 0 bridgehead atoms. The van der Waals surface area contributed by atoms with E-state index in [1.54, 1.807) is 9.80 Å². The van der Waals surface area contributed by atoms with Gasteiger partial charge in [-0.15, -0.1) is 0 Å². The summed E-state index contributed by atoms with van der Waals surface area (Å²) in [7, 11) is 0. The van der Waals surface area contributed by atoms with Gasteiger partial charge in [0.15, 0.2) is 0 Å². The zero-order chi connectivity index (χ0) is 23.4. The molecule has 3 aliphatic rings. The van der Waals surface area contributed by atoms with E-state index in [9.17, 15) is 19.2 Å². The Morgan fingerprint density at radius 2 is 1.73 bits per heavy atom. The van der Waals surface area contributed by atoms with Gasteiger partial charge in [0.1, 0.15) is 18.5 Å². The number of hydrogen-bond donors (Lipinski definition) is 2. The molecule has 1 aromatic carbocycles. The Hall–Kier alpha value is -3.10. The van der Waals surface area contributed by atoms with E-state index in [2.05, 4.69) is 10.2 Å². The number of carbonyl (C=O) groups is 4. The summed E-state index contributed by atoms with van der Waals surface area (Å²) in [6.45, 7) is 1.01. The number of benzene rings is 1. The van der Waals surface area contributed by atoms with Gasteiger partial charge in [0, 0.05) is 24.8 Å². The highest BCUT2D eigenvalue weighted by atomic mass is 16.2. The SMILES string of the molecule is NC(=O)[CH]C(=O)N1CCC2(CC1)C(=O)N(CC(=O)NC1CCCCC1)CN2c1ccccc1. The number of primary amides is 1. The van der Waals surface area contributed by atoms with Crippen molar-refractivity contribution in [3.05, 3.63) is 36.8 Å². The fourth-order valence-electron chi connectivity index (χ4n) is 5.33. The maximum atomic E-state index is 13.7. The second-order valence-electron chi connectivity index (χ2n) is 9.21. The molecule has 9 nitrogen and oxygen atoms in total. The molecule has 4 rings (SSSR count). The number of piperidine rings is 1. The summed E-state index contributed by atoms with van der Waals surface area (Å²) < 4.78 is 0. The lowest BCUT2D eigenvalue weighted by atomic mass is 9.85. The number of anilines is 1. The van der Waals surface area contributed by atoms with Crippen LogP contribution in [0.3, 0.4) is 0 Å². The monoisotopic (exact) mass is 454 g/mol. The van der Waals surface area contributed by atoms with Crippen LogP contribution >= 0.6 is 0 Å². The molecule has 0 aromatic heterocycles. The number of nitrogens with two attached hydrogens (primary N) is 1. The highest BCUT2D eigenvalue weighted by molar-refractivity contribution is 6.07. The van der Waals surface area contributed by atoms with Crippen LogP contribution in [0.2, 0.25) is 0 Å². The van der Waals surface area contributed by atoms with Crippen molar-refractivity contribution in [3.8, 4) is 0 Å². The van der Waals surface area contributed by atoms with E-state index in [1.165, 1.54) is 6.42 Å². The summed E-state index contributed by atoms with van der Waals surface area (Å²) in [6, 6.07) is 9.88. The first-order chi connectivity index (χ1) is 15.9. The first kappa shape index (κ1) is 23.1. The number of para-hydroxylation sites is 1. The maximum Gasteiger partial charge on any atom is 0.250 e. The van der Waals surface area contributed by atoms with Crippen LogP contribution in [0, 0.1) is 6.42 Å². The zero-order valence-electron chi connectivity index (χ0n) is 18.9. The fourth-order valence-corrected chi connectivity index (χ4v) is 5.33. The van der Waals surface area contributed by atoms with E-state index in [4.69, 9.17) is 5.73 Å². The molecule has 1 aromatic rings. The molecule has 177 valence electrons. The number of nitrogens with zero attached hydrogens (tertiary/aromatic N) is 3. The zero-order valence-corrected chi connectivity index (χ0v) is 18.9. The van der Waals surface area contributed by atoms with Crippen molar-refractivity contribution in [2.45, 2.75) is 56.5 Å². The van der Waals surface area contributed by atoms with Gasteiger partial charge in [-0.2, -0.15) is 0 Å². The molecule has 3 fully saturated rings. The Morgan fingerprint density at radius 3 is 2.36 bits per heavy atom. The van der Waals surface area contributed by atoms with E-state index < -0.39 is 17.4 Å². The number of nitrogens with one attached hydrogen (secondary N) is 1. The molecule has 1 radical (unpaired) electrons. The van der Waals surface area contributed by atoms with Crippen LogP contribution in [0.5, 0.6) is 0 Å². The van der Waals surface area contributed by atoms with Crippen LogP contribution in [0.25, 0.3) is 0 Å². The average molecular weight is 455 g/mol. The average Bonchev–Trinajstić information content (AvgIpc) is 3.06. The van der Waals surface area contributed by atoms with Crippen molar-refractivity contribution in [2.75, 3.05) is 31.2 Å². The number of rotatable bonds is 6. The molecular formula is C24H32N5O4. The third kappa shape index (κ3) is 4.96. The summed E-state index contributed by atoms with van der Waals surface area (Å²) in [5, 5.41) is 3.10. The molecule has 2 heterocycles. The highest BCUT2D eigenvalue weighted by Gasteiger charge is 2.54. The van der Waals surface area contributed by atoms with Crippen molar-refractivity contribution in [3.63, 3.8) is 0 Å². The van der Waals surface area contributed by atoms with Gasteiger partial charge < -0.3 is 25.8 Å². The molecule has 1 aliphatic carbocycles. The Balaban J connectivity index is 1.48. The maximum absolute atomic E-state index is 13.7. The van der Waals surface area contributed by atoms with E-state index in [0.29, 0.717) is 32.6 Å². The Kier molecular flexibility index (Phi) is 6.85.